The number of amides is 1. The Bertz CT molecular complexity index is 400. The number of hydrogen-bond donors (Lipinski definition) is 1. The molecule has 1 heterocycles. The fourth-order valence-corrected chi connectivity index (χ4v) is 2.75. The molecule has 1 fully saturated rings. The van der Waals surface area contributed by atoms with E-state index in [-0.39, 0.29) is 17.9 Å². The molecule has 0 radical (unpaired) electrons. The molecule has 1 aliphatic rings. The second-order valence-corrected chi connectivity index (χ2v) is 7.85. The first-order valence-corrected chi connectivity index (χ1v) is 8.02. The minimum absolute atomic E-state index is 0.0340. The van der Waals surface area contributed by atoms with E-state index in [9.17, 15) is 13.2 Å². The van der Waals surface area contributed by atoms with Crippen LogP contribution in [0.4, 0.5) is 4.79 Å². The van der Waals surface area contributed by atoms with Crippen LogP contribution in [0.15, 0.2) is 0 Å². The van der Waals surface area contributed by atoms with E-state index in [2.05, 4.69) is 5.32 Å². The number of carbonyl (C=O) groups excluding carboxylic acids is 1. The molecule has 0 spiro atoms. The number of nitrogens with zero attached hydrogens (tertiary/aromatic N) is 1. The van der Waals surface area contributed by atoms with E-state index >= 15 is 0 Å². The second-order valence-electron chi connectivity index (χ2n) is 5.67. The molecule has 0 unspecified atom stereocenters. The van der Waals surface area contributed by atoms with E-state index in [1.54, 1.807) is 25.7 Å². The highest BCUT2D eigenvalue weighted by molar-refractivity contribution is 7.90. The van der Waals surface area contributed by atoms with Gasteiger partial charge < -0.3 is 15.0 Å². The summed E-state index contributed by atoms with van der Waals surface area (Å²) >= 11 is 0. The molecule has 0 bridgehead atoms. The Morgan fingerprint density at radius 2 is 2.06 bits per heavy atom. The van der Waals surface area contributed by atoms with Crippen molar-refractivity contribution >= 4 is 15.9 Å². The minimum Gasteiger partial charge on any atom is -0.444 e. The van der Waals surface area contributed by atoms with Gasteiger partial charge in [-0.25, -0.2) is 13.2 Å². The molecule has 0 aromatic heterocycles. The number of ether oxygens (including phenoxy) is 1. The summed E-state index contributed by atoms with van der Waals surface area (Å²) in [7, 11) is -3.05. The van der Waals surface area contributed by atoms with Crippen molar-refractivity contribution in [3.8, 4) is 0 Å². The molecular weight excluding hydrogens is 256 g/mol. The fourth-order valence-electron chi connectivity index (χ4n) is 1.79. The summed E-state index contributed by atoms with van der Waals surface area (Å²) in [6.45, 7) is 6.90. The molecule has 7 heteroatoms. The Morgan fingerprint density at radius 1 is 1.44 bits per heavy atom. The lowest BCUT2D eigenvalue weighted by Crippen LogP contribution is -2.55. The van der Waals surface area contributed by atoms with E-state index in [1.165, 1.54) is 6.26 Å². The van der Waals surface area contributed by atoms with Gasteiger partial charge >= 0.3 is 6.09 Å². The van der Waals surface area contributed by atoms with Crippen molar-refractivity contribution in [2.75, 3.05) is 31.6 Å². The molecular formula is C11H22N2O4S. The van der Waals surface area contributed by atoms with Crippen molar-refractivity contribution in [2.45, 2.75) is 32.4 Å². The van der Waals surface area contributed by atoms with Gasteiger partial charge in [0.2, 0.25) is 0 Å². The highest BCUT2D eigenvalue weighted by Crippen LogP contribution is 2.11. The standard InChI is InChI=1S/C11H22N2O4S/c1-11(2,3)17-10(14)13-6-5-12-9(7-13)8-18(4,15)16/h9,12H,5-8H2,1-4H3/t9-/m0/s1. The number of carbonyl (C=O) groups is 1. The van der Waals surface area contributed by atoms with E-state index in [1.807, 2.05) is 0 Å². The summed E-state index contributed by atoms with van der Waals surface area (Å²) in [6, 6.07) is -0.221. The van der Waals surface area contributed by atoms with Crippen molar-refractivity contribution in [2.24, 2.45) is 0 Å². The van der Waals surface area contributed by atoms with Crippen molar-refractivity contribution in [3.63, 3.8) is 0 Å². The average Bonchev–Trinajstić information content (AvgIpc) is 2.12. The molecule has 0 saturated carbocycles. The van der Waals surface area contributed by atoms with Crippen LogP contribution in [0.5, 0.6) is 0 Å². The van der Waals surface area contributed by atoms with E-state index in [0.29, 0.717) is 19.6 Å². The lowest BCUT2D eigenvalue weighted by atomic mass is 10.2. The summed E-state index contributed by atoms with van der Waals surface area (Å²) in [5.74, 6) is 0.0340. The topological polar surface area (TPSA) is 75.7 Å². The SMILES string of the molecule is CC(C)(C)OC(=O)N1CCN[C@H](CS(C)(=O)=O)C1. The zero-order valence-corrected chi connectivity index (χ0v) is 12.2. The number of hydrogen-bond acceptors (Lipinski definition) is 5. The molecule has 106 valence electrons. The van der Waals surface area contributed by atoms with Crippen LogP contribution in [0, 0.1) is 0 Å². The van der Waals surface area contributed by atoms with Gasteiger partial charge in [-0.2, -0.15) is 0 Å². The Labute approximate surface area is 109 Å². The van der Waals surface area contributed by atoms with Crippen molar-refractivity contribution in [3.05, 3.63) is 0 Å². The third-order valence-corrected chi connectivity index (χ3v) is 3.42. The van der Waals surface area contributed by atoms with Crippen LogP contribution in [0.2, 0.25) is 0 Å². The first-order valence-electron chi connectivity index (χ1n) is 5.96. The fraction of sp³-hybridized carbons (Fsp3) is 0.909. The average molecular weight is 278 g/mol. The number of rotatable bonds is 2. The second kappa shape index (κ2) is 5.44. The molecule has 1 amide bonds. The maximum atomic E-state index is 11.9. The summed E-state index contributed by atoms with van der Waals surface area (Å²) < 4.78 is 27.7. The molecule has 1 N–H and O–H groups in total. The zero-order chi connectivity index (χ0) is 14.0. The van der Waals surface area contributed by atoms with Crippen LogP contribution in [0.1, 0.15) is 20.8 Å². The Hall–Kier alpha value is -0.820. The first-order chi connectivity index (χ1) is 8.07. The summed E-state index contributed by atoms with van der Waals surface area (Å²) in [5, 5.41) is 3.09. The van der Waals surface area contributed by atoms with E-state index in [4.69, 9.17) is 4.74 Å². The normalized spacial score (nSPS) is 21.8. The Kier molecular flexibility index (Phi) is 4.61. The smallest absolute Gasteiger partial charge is 0.410 e. The highest BCUT2D eigenvalue weighted by atomic mass is 32.2. The highest BCUT2D eigenvalue weighted by Gasteiger charge is 2.28. The molecule has 1 saturated heterocycles. The van der Waals surface area contributed by atoms with Crippen LogP contribution < -0.4 is 5.32 Å². The molecule has 0 aromatic rings. The predicted molar refractivity (Wildman–Crippen MR) is 69.3 cm³/mol. The molecule has 0 aromatic carbocycles. The van der Waals surface area contributed by atoms with Gasteiger partial charge in [-0.1, -0.05) is 0 Å². The van der Waals surface area contributed by atoms with Crippen molar-refractivity contribution in [1.82, 2.24) is 10.2 Å². The molecule has 18 heavy (non-hydrogen) atoms. The van der Waals surface area contributed by atoms with Gasteiger partial charge in [0.05, 0.1) is 5.75 Å². The van der Waals surface area contributed by atoms with Gasteiger partial charge in [0.15, 0.2) is 0 Å². The predicted octanol–water partition coefficient (Wildman–Crippen LogP) is 0.240. The van der Waals surface area contributed by atoms with E-state index < -0.39 is 15.4 Å². The number of nitrogens with one attached hydrogen (secondary N) is 1. The zero-order valence-electron chi connectivity index (χ0n) is 11.4. The largest absolute Gasteiger partial charge is 0.444 e. The van der Waals surface area contributed by atoms with Crippen LogP contribution in [0.3, 0.4) is 0 Å². The molecule has 6 nitrogen and oxygen atoms in total. The quantitative estimate of drug-likeness (QED) is 0.783. The molecule has 0 aliphatic carbocycles. The maximum absolute atomic E-state index is 11.9. The summed E-state index contributed by atoms with van der Waals surface area (Å²) in [6.07, 6.45) is 0.809. The maximum Gasteiger partial charge on any atom is 0.410 e. The third kappa shape index (κ3) is 5.68. The molecule has 1 aliphatic heterocycles. The van der Waals surface area contributed by atoms with Crippen molar-refractivity contribution < 1.29 is 17.9 Å². The van der Waals surface area contributed by atoms with Crippen LogP contribution >= 0.6 is 0 Å². The summed E-state index contributed by atoms with van der Waals surface area (Å²) in [5.41, 5.74) is -0.533. The lowest BCUT2D eigenvalue weighted by molar-refractivity contribution is 0.0202. The van der Waals surface area contributed by atoms with Crippen LogP contribution in [0.25, 0.3) is 0 Å². The Balaban J connectivity index is 2.56. The first kappa shape index (κ1) is 15.2. The van der Waals surface area contributed by atoms with Crippen LogP contribution in [-0.4, -0.2) is 62.7 Å². The monoisotopic (exact) mass is 278 g/mol. The summed E-state index contributed by atoms with van der Waals surface area (Å²) in [4.78, 5) is 13.4. The van der Waals surface area contributed by atoms with Crippen LogP contribution in [-0.2, 0) is 14.6 Å². The van der Waals surface area contributed by atoms with E-state index in [0.717, 1.165) is 0 Å². The van der Waals surface area contributed by atoms with Gasteiger partial charge in [-0.15, -0.1) is 0 Å². The van der Waals surface area contributed by atoms with Gasteiger partial charge in [-0.3, -0.25) is 0 Å². The minimum atomic E-state index is -3.05. The van der Waals surface area contributed by atoms with Gasteiger partial charge in [-0.05, 0) is 20.8 Å². The molecule has 1 atom stereocenters. The number of sulfone groups is 1. The van der Waals surface area contributed by atoms with Crippen molar-refractivity contribution in [1.29, 1.82) is 0 Å². The van der Waals surface area contributed by atoms with Gasteiger partial charge in [0.25, 0.3) is 0 Å². The molecule has 1 rings (SSSR count). The lowest BCUT2D eigenvalue weighted by Gasteiger charge is -2.34. The van der Waals surface area contributed by atoms with Gasteiger partial charge in [0, 0.05) is 31.9 Å². The Morgan fingerprint density at radius 3 is 2.56 bits per heavy atom. The number of piperazine rings is 1. The third-order valence-electron chi connectivity index (χ3n) is 2.41. The van der Waals surface area contributed by atoms with Gasteiger partial charge in [0.1, 0.15) is 15.4 Å².